The van der Waals surface area contributed by atoms with Gasteiger partial charge in [0.05, 0.1) is 5.76 Å². The van der Waals surface area contributed by atoms with Gasteiger partial charge >= 0.3 is 0 Å². The summed E-state index contributed by atoms with van der Waals surface area (Å²) < 4.78 is 6.17. The Bertz CT molecular complexity index is 387. The largest absolute Gasteiger partial charge is 0.547 e. The van der Waals surface area contributed by atoms with Crippen molar-refractivity contribution in [3.8, 4) is 0 Å². The van der Waals surface area contributed by atoms with Crippen molar-refractivity contribution in [2.24, 2.45) is 0 Å². The molecule has 1 rings (SSSR count). The topological polar surface area (TPSA) is 9.23 Å². The lowest BCUT2D eigenvalue weighted by molar-refractivity contribution is 0.369. The highest BCUT2D eigenvalue weighted by Gasteiger charge is 2.38. The summed E-state index contributed by atoms with van der Waals surface area (Å²) in [6.07, 6.45) is 1.92. The Kier molecular flexibility index (Phi) is 4.80. The van der Waals surface area contributed by atoms with Gasteiger partial charge in [0.25, 0.3) is 0 Å². The predicted molar refractivity (Wildman–Crippen MR) is 82.2 cm³/mol. The third kappa shape index (κ3) is 4.34. The summed E-state index contributed by atoms with van der Waals surface area (Å²) in [5, 5.41) is 0.239. The number of allylic oxidation sites excluding steroid dienone is 1. The van der Waals surface area contributed by atoms with Crippen LogP contribution in [0.5, 0.6) is 0 Å². The third-order valence-electron chi connectivity index (χ3n) is 3.74. The van der Waals surface area contributed by atoms with E-state index in [0.29, 0.717) is 0 Å². The van der Waals surface area contributed by atoms with Crippen LogP contribution in [-0.2, 0) is 10.8 Å². The van der Waals surface area contributed by atoms with Gasteiger partial charge in [0.15, 0.2) is 0 Å². The number of hydrogen-bond donors (Lipinski definition) is 0. The molecule has 2 heteroatoms. The molecule has 0 amide bonds. The number of benzene rings is 1. The summed E-state index contributed by atoms with van der Waals surface area (Å²) in [5.41, 5.74) is 1.34. The molecule has 0 aliphatic carbocycles. The molecule has 0 N–H and O–H groups in total. The molecule has 0 saturated heterocycles. The van der Waals surface area contributed by atoms with Crippen molar-refractivity contribution in [1.82, 2.24) is 0 Å². The van der Waals surface area contributed by atoms with E-state index in [1.165, 1.54) is 5.56 Å². The first kappa shape index (κ1) is 15.0. The van der Waals surface area contributed by atoms with Crippen molar-refractivity contribution in [1.29, 1.82) is 0 Å². The normalized spacial score (nSPS) is 12.3. The van der Waals surface area contributed by atoms with Gasteiger partial charge in [-0.15, -0.1) is 0 Å². The first-order valence-corrected chi connectivity index (χ1v) is 9.54. The standard InChI is InChI=1S/C16H26OSi/c1-14(17-18(5,6)16(2,3)4)12-13-15-10-8-7-9-11-15/h7-11H,1,12-13H2,2-6H3. The molecule has 0 unspecified atom stereocenters. The molecule has 1 aromatic rings. The lowest BCUT2D eigenvalue weighted by Crippen LogP contribution is -2.40. The summed E-state index contributed by atoms with van der Waals surface area (Å²) in [4.78, 5) is 0. The Labute approximate surface area is 113 Å². The number of aryl methyl sites for hydroxylation is 1. The van der Waals surface area contributed by atoms with Gasteiger partial charge in [-0.1, -0.05) is 57.7 Å². The van der Waals surface area contributed by atoms with Crippen molar-refractivity contribution >= 4 is 8.32 Å². The highest BCUT2D eigenvalue weighted by molar-refractivity contribution is 6.74. The molecule has 0 aliphatic heterocycles. The molecular formula is C16H26OSi. The van der Waals surface area contributed by atoms with Gasteiger partial charge in [-0.3, -0.25) is 0 Å². The average molecular weight is 262 g/mol. The molecule has 0 fully saturated rings. The van der Waals surface area contributed by atoms with Crippen LogP contribution in [0.3, 0.4) is 0 Å². The van der Waals surface area contributed by atoms with Gasteiger partial charge in [-0.2, -0.15) is 0 Å². The second kappa shape index (κ2) is 5.74. The second-order valence-corrected chi connectivity index (χ2v) is 11.1. The van der Waals surface area contributed by atoms with Crippen LogP contribution in [0, 0.1) is 0 Å². The van der Waals surface area contributed by atoms with Gasteiger partial charge in [0.2, 0.25) is 8.32 Å². The first-order chi connectivity index (χ1) is 8.22. The minimum Gasteiger partial charge on any atom is -0.547 e. The molecule has 18 heavy (non-hydrogen) atoms. The fourth-order valence-corrected chi connectivity index (χ4v) is 2.62. The predicted octanol–water partition coefficient (Wildman–Crippen LogP) is 5.15. The smallest absolute Gasteiger partial charge is 0.250 e. The molecule has 0 bridgehead atoms. The van der Waals surface area contributed by atoms with E-state index in [4.69, 9.17) is 4.43 Å². The quantitative estimate of drug-likeness (QED) is 0.526. The van der Waals surface area contributed by atoms with E-state index in [2.05, 4.69) is 64.7 Å². The molecular weight excluding hydrogens is 236 g/mol. The second-order valence-electron chi connectivity index (χ2n) is 6.39. The van der Waals surface area contributed by atoms with Crippen molar-refractivity contribution < 1.29 is 4.43 Å². The van der Waals surface area contributed by atoms with Crippen molar-refractivity contribution in [3.05, 3.63) is 48.2 Å². The van der Waals surface area contributed by atoms with Gasteiger partial charge in [0, 0.05) is 6.42 Å². The zero-order valence-electron chi connectivity index (χ0n) is 12.4. The molecule has 0 aromatic heterocycles. The monoisotopic (exact) mass is 262 g/mol. The van der Waals surface area contributed by atoms with Crippen molar-refractivity contribution in [2.75, 3.05) is 0 Å². The van der Waals surface area contributed by atoms with E-state index in [1.807, 2.05) is 6.07 Å². The molecule has 0 aliphatic rings. The highest BCUT2D eigenvalue weighted by atomic mass is 28.4. The fraction of sp³-hybridized carbons (Fsp3) is 0.500. The zero-order valence-corrected chi connectivity index (χ0v) is 13.4. The Morgan fingerprint density at radius 1 is 1.17 bits per heavy atom. The lowest BCUT2D eigenvalue weighted by atomic mass is 10.1. The van der Waals surface area contributed by atoms with Crippen LogP contribution in [0.2, 0.25) is 18.1 Å². The highest BCUT2D eigenvalue weighted by Crippen LogP contribution is 2.38. The van der Waals surface area contributed by atoms with Crippen LogP contribution in [0.25, 0.3) is 0 Å². The van der Waals surface area contributed by atoms with E-state index in [9.17, 15) is 0 Å². The van der Waals surface area contributed by atoms with E-state index in [-0.39, 0.29) is 5.04 Å². The number of hydrogen-bond acceptors (Lipinski definition) is 1. The summed E-state index contributed by atoms with van der Waals surface area (Å²) in [7, 11) is -1.71. The molecule has 100 valence electrons. The minimum absolute atomic E-state index is 0.239. The van der Waals surface area contributed by atoms with Crippen LogP contribution < -0.4 is 0 Å². The van der Waals surface area contributed by atoms with Crippen LogP contribution in [0.1, 0.15) is 32.8 Å². The fourth-order valence-electron chi connectivity index (χ4n) is 1.49. The maximum atomic E-state index is 6.17. The molecule has 1 nitrogen and oxygen atoms in total. The maximum Gasteiger partial charge on any atom is 0.250 e. The number of rotatable bonds is 5. The maximum absolute atomic E-state index is 6.17. The van der Waals surface area contributed by atoms with E-state index in [0.717, 1.165) is 18.6 Å². The zero-order chi connectivity index (χ0) is 13.8. The molecule has 0 heterocycles. The van der Waals surface area contributed by atoms with Crippen LogP contribution in [0.4, 0.5) is 0 Å². The van der Waals surface area contributed by atoms with Gasteiger partial charge in [-0.05, 0) is 30.1 Å². The first-order valence-electron chi connectivity index (χ1n) is 6.63. The molecule has 0 radical (unpaired) electrons. The van der Waals surface area contributed by atoms with Gasteiger partial charge in [-0.25, -0.2) is 0 Å². The summed E-state index contributed by atoms with van der Waals surface area (Å²) >= 11 is 0. The van der Waals surface area contributed by atoms with Crippen molar-refractivity contribution in [3.63, 3.8) is 0 Å². The third-order valence-corrected chi connectivity index (χ3v) is 8.15. The van der Waals surface area contributed by atoms with Crippen LogP contribution in [-0.4, -0.2) is 8.32 Å². The Balaban J connectivity index is 2.48. The Hall–Kier alpha value is -1.02. The van der Waals surface area contributed by atoms with E-state index >= 15 is 0 Å². The Morgan fingerprint density at radius 3 is 2.22 bits per heavy atom. The van der Waals surface area contributed by atoms with Gasteiger partial charge in [0.1, 0.15) is 0 Å². The summed E-state index contributed by atoms with van der Waals surface area (Å²) in [6.45, 7) is 15.4. The average Bonchev–Trinajstić information content (AvgIpc) is 2.26. The molecule has 0 saturated carbocycles. The lowest BCUT2D eigenvalue weighted by Gasteiger charge is -2.37. The molecule has 0 spiro atoms. The molecule has 0 atom stereocenters. The Morgan fingerprint density at radius 2 is 1.72 bits per heavy atom. The van der Waals surface area contributed by atoms with Crippen LogP contribution in [0.15, 0.2) is 42.7 Å². The minimum atomic E-state index is -1.71. The molecule has 1 aromatic carbocycles. The van der Waals surface area contributed by atoms with Crippen molar-refractivity contribution in [2.45, 2.75) is 51.7 Å². The van der Waals surface area contributed by atoms with E-state index in [1.54, 1.807) is 0 Å². The van der Waals surface area contributed by atoms with E-state index < -0.39 is 8.32 Å². The summed E-state index contributed by atoms with van der Waals surface area (Å²) in [6, 6.07) is 10.5. The summed E-state index contributed by atoms with van der Waals surface area (Å²) in [5.74, 6) is 0.936. The van der Waals surface area contributed by atoms with Gasteiger partial charge < -0.3 is 4.43 Å². The SMILES string of the molecule is C=C(CCc1ccccc1)O[Si](C)(C)C(C)(C)C. The van der Waals surface area contributed by atoms with Crippen LogP contribution >= 0.6 is 0 Å².